The Hall–Kier alpha value is 0.137. The summed E-state index contributed by atoms with van der Waals surface area (Å²) in [5.74, 6) is 0. The van der Waals surface area contributed by atoms with Gasteiger partial charge in [-0.15, -0.1) is 0 Å². The summed E-state index contributed by atoms with van der Waals surface area (Å²) >= 11 is 0. The Kier molecular flexibility index (Phi) is 5.79. The van der Waals surface area contributed by atoms with E-state index in [9.17, 15) is 0 Å². The predicted octanol–water partition coefficient (Wildman–Crippen LogP) is 3.00. The van der Waals surface area contributed by atoms with Gasteiger partial charge in [0.25, 0.3) is 0 Å². The second-order valence-corrected chi connectivity index (χ2v) is 8.48. The zero-order chi connectivity index (χ0) is 9.61. The van der Waals surface area contributed by atoms with E-state index in [4.69, 9.17) is 9.16 Å². The van der Waals surface area contributed by atoms with Gasteiger partial charge in [0.15, 0.2) is 8.32 Å². The van der Waals surface area contributed by atoms with E-state index in [-0.39, 0.29) is 6.29 Å². The fourth-order valence-corrected chi connectivity index (χ4v) is 1.99. The van der Waals surface area contributed by atoms with Crippen LogP contribution in [0.2, 0.25) is 19.6 Å². The molecular weight excluding hydrogens is 168 g/mol. The molecule has 12 heavy (non-hydrogen) atoms. The summed E-state index contributed by atoms with van der Waals surface area (Å²) in [5, 5.41) is 0. The van der Waals surface area contributed by atoms with Gasteiger partial charge in [0.1, 0.15) is 6.29 Å². The molecule has 0 fully saturated rings. The molecule has 0 bridgehead atoms. The number of hydrogen-bond acceptors (Lipinski definition) is 2. The molecule has 3 heteroatoms. The van der Waals surface area contributed by atoms with Gasteiger partial charge in [-0.1, -0.05) is 13.3 Å². The molecule has 1 atom stereocenters. The van der Waals surface area contributed by atoms with Crippen LogP contribution in [0.5, 0.6) is 0 Å². The molecule has 0 aliphatic rings. The van der Waals surface area contributed by atoms with Gasteiger partial charge >= 0.3 is 0 Å². The summed E-state index contributed by atoms with van der Waals surface area (Å²) in [6.45, 7) is 11.5. The van der Waals surface area contributed by atoms with Gasteiger partial charge in [0.2, 0.25) is 0 Å². The molecule has 1 unspecified atom stereocenters. The average molecular weight is 190 g/mol. The van der Waals surface area contributed by atoms with E-state index in [1.165, 1.54) is 6.42 Å². The first-order valence-corrected chi connectivity index (χ1v) is 8.16. The first kappa shape index (κ1) is 12.1. The Morgan fingerprint density at radius 1 is 1.25 bits per heavy atom. The van der Waals surface area contributed by atoms with Gasteiger partial charge < -0.3 is 9.16 Å². The fourth-order valence-electron chi connectivity index (χ4n) is 0.926. The number of unbranched alkanes of at least 4 members (excludes halogenated alkanes) is 1. The van der Waals surface area contributed by atoms with Gasteiger partial charge in [-0.2, -0.15) is 0 Å². The lowest BCUT2D eigenvalue weighted by Gasteiger charge is -2.23. The molecule has 0 aromatic heterocycles. The van der Waals surface area contributed by atoms with Crippen molar-refractivity contribution >= 4 is 8.32 Å². The molecule has 0 saturated heterocycles. The Balaban J connectivity index is 3.40. The third-order valence-corrected chi connectivity index (χ3v) is 2.41. The lowest BCUT2D eigenvalue weighted by atomic mass is 10.4. The number of ether oxygens (including phenoxy) is 1. The lowest BCUT2D eigenvalue weighted by Crippen LogP contribution is -2.32. The molecule has 0 aliphatic heterocycles. The van der Waals surface area contributed by atoms with Crippen molar-refractivity contribution in [1.82, 2.24) is 0 Å². The molecule has 0 N–H and O–H groups in total. The van der Waals surface area contributed by atoms with Crippen molar-refractivity contribution < 1.29 is 9.16 Å². The van der Waals surface area contributed by atoms with Crippen LogP contribution in [0.3, 0.4) is 0 Å². The van der Waals surface area contributed by atoms with Crippen LogP contribution in [-0.4, -0.2) is 21.2 Å². The summed E-state index contributed by atoms with van der Waals surface area (Å²) in [7, 11) is -1.41. The smallest absolute Gasteiger partial charge is 0.187 e. The van der Waals surface area contributed by atoms with E-state index < -0.39 is 8.32 Å². The molecule has 0 aromatic carbocycles. The van der Waals surface area contributed by atoms with Crippen LogP contribution in [0.25, 0.3) is 0 Å². The molecule has 0 aromatic rings. The van der Waals surface area contributed by atoms with Crippen molar-refractivity contribution in [2.75, 3.05) is 6.61 Å². The van der Waals surface area contributed by atoms with Crippen molar-refractivity contribution in [1.29, 1.82) is 0 Å². The second kappa shape index (κ2) is 5.73. The van der Waals surface area contributed by atoms with Crippen molar-refractivity contribution in [3.8, 4) is 0 Å². The summed E-state index contributed by atoms with van der Waals surface area (Å²) in [5.41, 5.74) is 0. The van der Waals surface area contributed by atoms with Crippen molar-refractivity contribution in [3.63, 3.8) is 0 Å². The topological polar surface area (TPSA) is 18.5 Å². The maximum atomic E-state index is 5.70. The lowest BCUT2D eigenvalue weighted by molar-refractivity contribution is -0.0726. The van der Waals surface area contributed by atoms with Crippen LogP contribution in [0.4, 0.5) is 0 Å². The molecule has 0 saturated carbocycles. The van der Waals surface area contributed by atoms with Crippen LogP contribution in [-0.2, 0) is 9.16 Å². The fraction of sp³-hybridized carbons (Fsp3) is 1.00. The largest absolute Gasteiger partial charge is 0.393 e. The van der Waals surface area contributed by atoms with Crippen molar-refractivity contribution in [2.24, 2.45) is 0 Å². The zero-order valence-corrected chi connectivity index (χ0v) is 10.0. The first-order valence-electron chi connectivity index (χ1n) is 4.75. The van der Waals surface area contributed by atoms with Gasteiger partial charge in [-0.3, -0.25) is 0 Å². The van der Waals surface area contributed by atoms with E-state index in [1.54, 1.807) is 0 Å². The minimum atomic E-state index is -1.41. The highest BCUT2D eigenvalue weighted by atomic mass is 28.4. The van der Waals surface area contributed by atoms with Gasteiger partial charge in [-0.05, 0) is 33.0 Å². The van der Waals surface area contributed by atoms with Crippen LogP contribution >= 0.6 is 0 Å². The third kappa shape index (κ3) is 8.24. The highest BCUT2D eigenvalue weighted by molar-refractivity contribution is 6.69. The molecule has 0 heterocycles. The van der Waals surface area contributed by atoms with Gasteiger partial charge in [-0.25, -0.2) is 0 Å². The van der Waals surface area contributed by atoms with Crippen LogP contribution in [0.15, 0.2) is 0 Å². The molecule has 74 valence electrons. The highest BCUT2D eigenvalue weighted by Gasteiger charge is 2.17. The molecular formula is C9H22O2Si. The SMILES string of the molecule is CCCCOC(C)O[Si](C)(C)C. The molecule has 0 radical (unpaired) electrons. The minimum Gasteiger partial charge on any atom is -0.393 e. The molecule has 2 nitrogen and oxygen atoms in total. The second-order valence-electron chi connectivity index (χ2n) is 4.02. The average Bonchev–Trinajstić information content (AvgIpc) is 1.84. The van der Waals surface area contributed by atoms with E-state index in [0.29, 0.717) is 0 Å². The summed E-state index contributed by atoms with van der Waals surface area (Å²) in [4.78, 5) is 0. The first-order chi connectivity index (χ1) is 5.45. The Morgan fingerprint density at radius 3 is 2.25 bits per heavy atom. The normalized spacial score (nSPS) is 14.8. The molecule has 0 spiro atoms. The predicted molar refractivity (Wildman–Crippen MR) is 54.8 cm³/mol. The number of rotatable bonds is 6. The van der Waals surface area contributed by atoms with E-state index >= 15 is 0 Å². The molecule has 0 amide bonds. The molecule has 0 rings (SSSR count). The maximum Gasteiger partial charge on any atom is 0.187 e. The van der Waals surface area contributed by atoms with Crippen molar-refractivity contribution in [3.05, 3.63) is 0 Å². The van der Waals surface area contributed by atoms with Crippen molar-refractivity contribution in [2.45, 2.75) is 52.6 Å². The Labute approximate surface area is 77.4 Å². The van der Waals surface area contributed by atoms with Gasteiger partial charge in [0.05, 0.1) is 0 Å². The Morgan fingerprint density at radius 2 is 1.83 bits per heavy atom. The Bertz CT molecular complexity index is 110. The molecule has 0 aliphatic carbocycles. The van der Waals surface area contributed by atoms with E-state index in [1.807, 2.05) is 6.92 Å². The highest BCUT2D eigenvalue weighted by Crippen LogP contribution is 2.08. The van der Waals surface area contributed by atoms with E-state index in [2.05, 4.69) is 26.6 Å². The maximum absolute atomic E-state index is 5.70. The monoisotopic (exact) mass is 190 g/mol. The summed E-state index contributed by atoms with van der Waals surface area (Å²) in [6.07, 6.45) is 2.28. The number of hydrogen-bond donors (Lipinski definition) is 0. The van der Waals surface area contributed by atoms with Gasteiger partial charge in [0, 0.05) is 6.61 Å². The van der Waals surface area contributed by atoms with Crippen LogP contribution < -0.4 is 0 Å². The third-order valence-electron chi connectivity index (χ3n) is 1.37. The zero-order valence-electron chi connectivity index (χ0n) is 9.02. The van der Waals surface area contributed by atoms with E-state index in [0.717, 1.165) is 13.0 Å². The van der Waals surface area contributed by atoms with Crippen LogP contribution in [0, 0.1) is 0 Å². The minimum absolute atomic E-state index is 0.0248. The quantitative estimate of drug-likeness (QED) is 0.364. The summed E-state index contributed by atoms with van der Waals surface area (Å²) in [6, 6.07) is 0. The van der Waals surface area contributed by atoms with Crippen LogP contribution in [0.1, 0.15) is 26.7 Å². The summed E-state index contributed by atoms with van der Waals surface area (Å²) < 4.78 is 11.2. The standard InChI is InChI=1S/C9H22O2Si/c1-6-7-8-10-9(2)11-12(3,4)5/h9H,6-8H2,1-5H3.